The topological polar surface area (TPSA) is 8.17 Å². The van der Waals surface area contributed by atoms with Gasteiger partial charge in [0.2, 0.25) is 0 Å². The van der Waals surface area contributed by atoms with Crippen LogP contribution in [0.5, 0.6) is 0 Å². The number of rotatable bonds is 4. The molecule has 1 spiro atoms. The number of anilines is 3. The van der Waals surface area contributed by atoms with Crippen LogP contribution in [0.25, 0.3) is 71.3 Å². The van der Waals surface area contributed by atoms with Crippen LogP contribution < -0.4 is 4.90 Å². The van der Waals surface area contributed by atoms with Gasteiger partial charge < -0.3 is 9.47 Å². The van der Waals surface area contributed by atoms with Gasteiger partial charge in [0.1, 0.15) is 5.82 Å². The van der Waals surface area contributed by atoms with Crippen LogP contribution in [0.15, 0.2) is 212 Å². The maximum absolute atomic E-state index is 16.4. The summed E-state index contributed by atoms with van der Waals surface area (Å²) in [6.45, 7) is 0. The minimum atomic E-state index is -0.657. The quantitative estimate of drug-likeness (QED) is 0.173. The molecule has 11 aromatic rings. The largest absolute Gasteiger partial charge is 0.309 e. The van der Waals surface area contributed by atoms with E-state index in [1.807, 2.05) is 12.1 Å². The highest BCUT2D eigenvalue weighted by Crippen LogP contribution is 2.63. The van der Waals surface area contributed by atoms with Gasteiger partial charge in [-0.1, -0.05) is 158 Å². The minimum absolute atomic E-state index is 0.277. The number of aromatic nitrogens is 1. The zero-order chi connectivity index (χ0) is 39.5. The van der Waals surface area contributed by atoms with E-state index in [2.05, 4.69) is 198 Å². The van der Waals surface area contributed by atoms with Crippen molar-refractivity contribution in [2.45, 2.75) is 5.41 Å². The van der Waals surface area contributed by atoms with Crippen LogP contribution >= 0.6 is 0 Å². The lowest BCUT2D eigenvalue weighted by Gasteiger charge is -2.41. The van der Waals surface area contributed by atoms with Crippen LogP contribution in [0.1, 0.15) is 22.3 Å². The van der Waals surface area contributed by atoms with E-state index >= 15 is 4.39 Å². The van der Waals surface area contributed by atoms with Crippen molar-refractivity contribution in [1.29, 1.82) is 0 Å². The summed E-state index contributed by atoms with van der Waals surface area (Å²) in [5.74, 6) is -0.277. The van der Waals surface area contributed by atoms with E-state index < -0.39 is 5.41 Å². The van der Waals surface area contributed by atoms with Crippen LogP contribution in [-0.4, -0.2) is 4.57 Å². The van der Waals surface area contributed by atoms with Gasteiger partial charge in [-0.05, 0) is 115 Å². The molecule has 0 radical (unpaired) electrons. The Labute approximate surface area is 346 Å². The summed E-state index contributed by atoms with van der Waals surface area (Å²) in [7, 11) is 0. The highest BCUT2D eigenvalue weighted by atomic mass is 19.1. The van der Waals surface area contributed by atoms with Crippen molar-refractivity contribution >= 4 is 60.4 Å². The Morgan fingerprint density at radius 3 is 1.80 bits per heavy atom. The van der Waals surface area contributed by atoms with Gasteiger partial charge in [0.15, 0.2) is 0 Å². The molecule has 280 valence electrons. The fourth-order valence-electron chi connectivity index (χ4n) is 10.9. The first-order chi connectivity index (χ1) is 29.7. The molecule has 0 N–H and O–H groups in total. The molecule has 2 nitrogen and oxygen atoms in total. The molecule has 0 aliphatic heterocycles. The molecule has 0 saturated carbocycles. The van der Waals surface area contributed by atoms with Crippen molar-refractivity contribution in [2.24, 2.45) is 0 Å². The second-order valence-electron chi connectivity index (χ2n) is 16.1. The van der Waals surface area contributed by atoms with Gasteiger partial charge in [-0.15, -0.1) is 0 Å². The van der Waals surface area contributed by atoms with Gasteiger partial charge in [0.05, 0.1) is 27.8 Å². The average Bonchev–Trinajstić information content (AvgIpc) is 3.80. The van der Waals surface area contributed by atoms with Crippen molar-refractivity contribution in [2.75, 3.05) is 4.90 Å². The number of nitrogens with zero attached hydrogens (tertiary/aromatic N) is 2. The second-order valence-corrected chi connectivity index (χ2v) is 16.1. The summed E-state index contributed by atoms with van der Waals surface area (Å²) in [5.41, 5.74) is 15.0. The smallest absolute Gasteiger partial charge is 0.147 e. The lowest BCUT2D eigenvalue weighted by atomic mass is 9.61. The molecule has 0 amide bonds. The molecule has 0 saturated heterocycles. The third-order valence-electron chi connectivity index (χ3n) is 13.2. The molecule has 13 rings (SSSR count). The van der Waals surface area contributed by atoms with Gasteiger partial charge in [0, 0.05) is 27.5 Å². The summed E-state index contributed by atoms with van der Waals surface area (Å²) in [6.07, 6.45) is 0. The number of halogens is 1. The van der Waals surface area contributed by atoms with E-state index in [9.17, 15) is 0 Å². The molecule has 0 fully saturated rings. The van der Waals surface area contributed by atoms with Crippen molar-refractivity contribution in [3.8, 4) is 27.9 Å². The summed E-state index contributed by atoms with van der Waals surface area (Å²) in [4.78, 5) is 2.12. The maximum atomic E-state index is 16.4. The fraction of sp³-hybridized carbons (Fsp3) is 0.0175. The van der Waals surface area contributed by atoms with Crippen molar-refractivity contribution in [1.82, 2.24) is 4.57 Å². The Bertz CT molecular complexity index is 3530. The summed E-state index contributed by atoms with van der Waals surface area (Å²) >= 11 is 0. The van der Waals surface area contributed by atoms with Crippen molar-refractivity contribution in [3.05, 3.63) is 240 Å². The lowest BCUT2D eigenvalue weighted by Crippen LogP contribution is -2.32. The monoisotopic (exact) mass is 766 g/mol. The highest BCUT2D eigenvalue weighted by molar-refractivity contribution is 6.26. The van der Waals surface area contributed by atoms with Crippen molar-refractivity contribution in [3.63, 3.8) is 0 Å². The molecule has 1 aromatic heterocycles. The van der Waals surface area contributed by atoms with E-state index in [0.717, 1.165) is 27.8 Å². The van der Waals surface area contributed by atoms with Gasteiger partial charge in [0.25, 0.3) is 0 Å². The first-order valence-electron chi connectivity index (χ1n) is 20.6. The third-order valence-corrected chi connectivity index (χ3v) is 13.2. The molecule has 2 aliphatic carbocycles. The Hall–Kier alpha value is -7.75. The molecule has 0 atom stereocenters. The van der Waals surface area contributed by atoms with E-state index in [1.165, 1.54) is 77.1 Å². The highest BCUT2D eigenvalue weighted by Gasteiger charge is 2.50. The second kappa shape index (κ2) is 12.4. The average molecular weight is 767 g/mol. The molecule has 3 heteroatoms. The van der Waals surface area contributed by atoms with Crippen LogP contribution in [0.3, 0.4) is 0 Å². The molecule has 60 heavy (non-hydrogen) atoms. The molecular formula is C57H35FN2. The Morgan fingerprint density at radius 1 is 0.383 bits per heavy atom. The maximum Gasteiger partial charge on any atom is 0.147 e. The SMILES string of the molecule is Fc1ccccc1N(c1ccc2c(c1)C1(c3ccccc3-c3ccccc31)c1cccc3c1c-2cc1c3c2ccccc2n1-c1ccccc1)c1cccc2ccccc12. The zero-order valence-electron chi connectivity index (χ0n) is 32.5. The van der Waals surface area contributed by atoms with Gasteiger partial charge in [-0.3, -0.25) is 0 Å². The Balaban J connectivity index is 1.21. The van der Waals surface area contributed by atoms with E-state index in [-0.39, 0.29) is 5.82 Å². The Kier molecular flexibility index (Phi) is 6.86. The number of hydrogen-bond donors (Lipinski definition) is 0. The van der Waals surface area contributed by atoms with Gasteiger partial charge >= 0.3 is 0 Å². The van der Waals surface area contributed by atoms with Crippen LogP contribution in [-0.2, 0) is 5.41 Å². The third kappa shape index (κ3) is 4.31. The molecule has 2 aliphatic rings. The van der Waals surface area contributed by atoms with Crippen LogP contribution in [0.2, 0.25) is 0 Å². The number of hydrogen-bond acceptors (Lipinski definition) is 1. The normalized spacial score (nSPS) is 13.2. The molecular weight excluding hydrogens is 732 g/mol. The van der Waals surface area contributed by atoms with Crippen LogP contribution in [0, 0.1) is 5.82 Å². The molecule has 1 heterocycles. The zero-order valence-corrected chi connectivity index (χ0v) is 32.5. The van der Waals surface area contributed by atoms with E-state index in [1.54, 1.807) is 12.1 Å². The first-order valence-corrected chi connectivity index (χ1v) is 20.6. The van der Waals surface area contributed by atoms with Crippen molar-refractivity contribution < 1.29 is 4.39 Å². The number of benzene rings is 10. The number of fused-ring (bicyclic) bond motifs is 14. The van der Waals surface area contributed by atoms with Crippen LogP contribution in [0.4, 0.5) is 21.5 Å². The predicted octanol–water partition coefficient (Wildman–Crippen LogP) is 15.0. The van der Waals surface area contributed by atoms with E-state index in [4.69, 9.17) is 0 Å². The predicted molar refractivity (Wildman–Crippen MR) is 247 cm³/mol. The Morgan fingerprint density at radius 2 is 0.983 bits per heavy atom. The lowest BCUT2D eigenvalue weighted by molar-refractivity contribution is 0.629. The molecule has 10 aromatic carbocycles. The van der Waals surface area contributed by atoms with E-state index in [0.29, 0.717) is 5.69 Å². The fourth-order valence-corrected chi connectivity index (χ4v) is 10.9. The summed E-state index contributed by atoms with van der Waals surface area (Å²) in [5, 5.41) is 7.16. The minimum Gasteiger partial charge on any atom is -0.309 e. The molecule has 0 bridgehead atoms. The summed E-state index contributed by atoms with van der Waals surface area (Å²) in [6, 6.07) is 75.5. The number of para-hydroxylation sites is 3. The standard InChI is InChI=1S/C57H35FN2/c58-50-28-11-13-30-53(50)60(51-31-14-17-36-16-4-5-20-39(36)51)38-32-33-42-45-35-54-56(43-23-8-12-29-52(43)59(54)37-18-2-1-3-19-37)44-24-15-27-48(55(44)45)57(49(42)34-38)46-25-9-6-21-40(46)41-22-7-10-26-47(41)57/h1-35H. The first kappa shape index (κ1) is 33.2. The summed E-state index contributed by atoms with van der Waals surface area (Å²) < 4.78 is 18.8. The molecule has 0 unspecified atom stereocenters. The van der Waals surface area contributed by atoms with Gasteiger partial charge in [-0.25, -0.2) is 4.39 Å². The van der Waals surface area contributed by atoms with Gasteiger partial charge in [-0.2, -0.15) is 0 Å².